The van der Waals surface area contributed by atoms with E-state index in [1.807, 2.05) is 53.7 Å². The number of carbonyl (C=O) groups excluding carboxylic acids is 1. The lowest BCUT2D eigenvalue weighted by Crippen LogP contribution is -2.75. The van der Waals surface area contributed by atoms with Gasteiger partial charge in [-0.2, -0.15) is 0 Å². The fourth-order valence-electron chi connectivity index (χ4n) is 6.71. The zero-order valence-electron chi connectivity index (χ0n) is 20.7. The first-order valence-corrected chi connectivity index (χ1v) is 13.0. The molecule has 5 unspecified atom stereocenters. The number of carboxylic acids is 1. The predicted octanol–water partition coefficient (Wildman–Crippen LogP) is 2.76. The summed E-state index contributed by atoms with van der Waals surface area (Å²) in [6.07, 6.45) is 1.63. The van der Waals surface area contributed by atoms with Gasteiger partial charge in [0.1, 0.15) is 5.41 Å². The number of pyridine rings is 2. The Morgan fingerprint density at radius 2 is 1.73 bits per heavy atom. The highest BCUT2D eigenvalue weighted by atomic mass is 32.1. The monoisotopic (exact) mass is 522 g/mol. The number of carboxylic acid groups (broad SMARTS) is 1. The number of methoxy groups -OCH3 is 1. The van der Waals surface area contributed by atoms with E-state index in [2.05, 4.69) is 14.9 Å². The summed E-state index contributed by atoms with van der Waals surface area (Å²) < 4.78 is 5.37. The number of aliphatic hydroxyl groups excluding tert-OH is 1. The Labute approximate surface area is 219 Å². The number of carbonyl (C=O) groups is 2. The second-order valence-corrected chi connectivity index (χ2v) is 11.0. The Morgan fingerprint density at radius 1 is 1.05 bits per heavy atom. The van der Waals surface area contributed by atoms with Crippen molar-refractivity contribution in [3.8, 4) is 0 Å². The normalized spacial score (nSPS) is 30.1. The summed E-state index contributed by atoms with van der Waals surface area (Å²) in [7, 11) is 3.16. The molecule has 0 aliphatic carbocycles. The van der Waals surface area contributed by atoms with Crippen molar-refractivity contribution in [2.45, 2.75) is 31.2 Å². The quantitative estimate of drug-likeness (QED) is 0.452. The van der Waals surface area contributed by atoms with E-state index in [0.29, 0.717) is 17.9 Å². The van der Waals surface area contributed by atoms with Crippen molar-refractivity contribution < 1.29 is 24.5 Å². The van der Waals surface area contributed by atoms with Crippen molar-refractivity contribution in [3.63, 3.8) is 0 Å². The number of hydrogen-bond acceptors (Lipinski definition) is 9. The topological polar surface area (TPSA) is 116 Å². The second kappa shape index (κ2) is 9.94. The van der Waals surface area contributed by atoms with E-state index in [1.165, 1.54) is 7.11 Å². The van der Waals surface area contributed by atoms with Gasteiger partial charge in [-0.3, -0.25) is 29.4 Å². The van der Waals surface area contributed by atoms with E-state index >= 15 is 0 Å². The number of esters is 1. The van der Waals surface area contributed by atoms with Gasteiger partial charge in [-0.15, -0.1) is 11.3 Å². The van der Waals surface area contributed by atoms with Gasteiger partial charge in [-0.05, 0) is 42.8 Å². The highest BCUT2D eigenvalue weighted by Gasteiger charge is 2.72. The van der Waals surface area contributed by atoms with Crippen molar-refractivity contribution in [3.05, 3.63) is 82.6 Å². The van der Waals surface area contributed by atoms with Crippen LogP contribution in [0.5, 0.6) is 0 Å². The van der Waals surface area contributed by atoms with Crippen molar-refractivity contribution in [1.29, 1.82) is 0 Å². The lowest BCUT2D eigenvalue weighted by molar-refractivity contribution is -0.249. The molecule has 9 nitrogen and oxygen atoms in total. The lowest BCUT2D eigenvalue weighted by atomic mass is 9.52. The molecule has 5 atom stereocenters. The van der Waals surface area contributed by atoms with Gasteiger partial charge in [0, 0.05) is 42.3 Å². The fraction of sp³-hybridized carbons (Fsp3) is 0.407. The largest absolute Gasteiger partial charge is 0.481 e. The van der Waals surface area contributed by atoms with Crippen LogP contribution < -0.4 is 0 Å². The Morgan fingerprint density at radius 3 is 2.27 bits per heavy atom. The first-order valence-electron chi connectivity index (χ1n) is 12.1. The van der Waals surface area contributed by atoms with E-state index in [0.717, 1.165) is 4.88 Å². The lowest BCUT2D eigenvalue weighted by Gasteiger charge is -2.65. The van der Waals surface area contributed by atoms with Crippen LogP contribution in [-0.2, 0) is 20.9 Å². The molecule has 2 fully saturated rings. The molecule has 3 aromatic rings. The third-order valence-corrected chi connectivity index (χ3v) is 8.69. The molecular weight excluding hydrogens is 492 g/mol. The number of likely N-dealkylation sites (tertiary alicyclic amines) is 2. The van der Waals surface area contributed by atoms with E-state index in [4.69, 9.17) is 4.74 Å². The molecule has 2 N–H and O–H groups in total. The molecule has 0 radical (unpaired) electrons. The molecule has 2 aliphatic heterocycles. The summed E-state index contributed by atoms with van der Waals surface area (Å²) in [5, 5.41) is 24.4. The van der Waals surface area contributed by atoms with Crippen LogP contribution in [-0.4, -0.2) is 75.3 Å². The third-order valence-electron chi connectivity index (χ3n) is 7.82. The number of aliphatic hydroxyl groups is 1. The summed E-state index contributed by atoms with van der Waals surface area (Å²) in [6, 6.07) is 13.6. The van der Waals surface area contributed by atoms with Crippen LogP contribution >= 0.6 is 11.3 Å². The highest BCUT2D eigenvalue weighted by molar-refractivity contribution is 7.09. The maximum atomic E-state index is 13.8. The van der Waals surface area contributed by atoms with Gasteiger partial charge in [0.2, 0.25) is 0 Å². The number of ether oxygens (including phenoxy) is 1. The molecule has 0 amide bonds. The minimum absolute atomic E-state index is 0.181. The van der Waals surface area contributed by atoms with Gasteiger partial charge in [0.05, 0.1) is 43.1 Å². The molecule has 0 spiro atoms. The van der Waals surface area contributed by atoms with Crippen LogP contribution in [0, 0.1) is 10.8 Å². The third kappa shape index (κ3) is 4.14. The number of fused-ring (bicyclic) bond motifs is 2. The maximum absolute atomic E-state index is 13.8. The minimum Gasteiger partial charge on any atom is -0.481 e. The zero-order chi connectivity index (χ0) is 26.2. The van der Waals surface area contributed by atoms with Crippen molar-refractivity contribution in [2.75, 3.05) is 27.2 Å². The van der Waals surface area contributed by atoms with Crippen LogP contribution in [0.3, 0.4) is 0 Å². The van der Waals surface area contributed by atoms with Gasteiger partial charge < -0.3 is 14.9 Å². The van der Waals surface area contributed by atoms with E-state index in [9.17, 15) is 19.8 Å². The summed E-state index contributed by atoms with van der Waals surface area (Å²) in [4.78, 5) is 40.6. The zero-order valence-corrected chi connectivity index (χ0v) is 21.5. The fourth-order valence-corrected chi connectivity index (χ4v) is 7.46. The molecule has 0 aromatic carbocycles. The Bertz CT molecular complexity index is 1240. The van der Waals surface area contributed by atoms with Gasteiger partial charge >= 0.3 is 11.9 Å². The first-order chi connectivity index (χ1) is 17.8. The SMILES string of the molecule is COC(=O)C12CN(Cc3cccs3)CC(CC(=O)O)(C(c3ccccn3)N(C)C1c1ccccn1)C2O. The van der Waals surface area contributed by atoms with Crippen molar-refractivity contribution in [2.24, 2.45) is 10.8 Å². The van der Waals surface area contributed by atoms with Crippen LogP contribution in [0.25, 0.3) is 0 Å². The van der Waals surface area contributed by atoms with Gasteiger partial charge in [0.25, 0.3) is 0 Å². The Kier molecular flexibility index (Phi) is 6.84. The molecular formula is C27H30N4O5S. The number of rotatable bonds is 7. The highest BCUT2D eigenvalue weighted by Crippen LogP contribution is 2.63. The van der Waals surface area contributed by atoms with E-state index < -0.39 is 41.0 Å². The van der Waals surface area contributed by atoms with E-state index in [-0.39, 0.29) is 19.5 Å². The molecule has 10 heteroatoms. The van der Waals surface area contributed by atoms with Crippen LogP contribution in [0.15, 0.2) is 66.3 Å². The number of piperidine rings is 2. The number of hydrogen-bond donors (Lipinski definition) is 2. The Hall–Kier alpha value is -3.18. The number of thiophene rings is 1. The molecule has 194 valence electrons. The van der Waals surface area contributed by atoms with Crippen molar-refractivity contribution >= 4 is 23.3 Å². The second-order valence-electron chi connectivity index (χ2n) is 9.94. The van der Waals surface area contributed by atoms with Crippen LogP contribution in [0.1, 0.15) is 34.8 Å². The maximum Gasteiger partial charge on any atom is 0.317 e. The number of aromatic nitrogens is 2. The summed E-state index contributed by atoms with van der Waals surface area (Å²) in [6.45, 7) is 0.955. The Balaban J connectivity index is 1.78. The molecule has 2 saturated heterocycles. The molecule has 2 aliphatic rings. The predicted molar refractivity (Wildman–Crippen MR) is 136 cm³/mol. The molecule has 0 saturated carbocycles. The number of nitrogens with zero attached hydrogens (tertiary/aromatic N) is 4. The average Bonchev–Trinajstić information content (AvgIpc) is 3.39. The van der Waals surface area contributed by atoms with E-state index in [1.54, 1.807) is 35.9 Å². The number of aliphatic carboxylic acids is 1. The van der Waals surface area contributed by atoms with Crippen LogP contribution in [0.2, 0.25) is 0 Å². The molecule has 5 heterocycles. The van der Waals surface area contributed by atoms with Gasteiger partial charge in [-0.25, -0.2) is 0 Å². The average molecular weight is 523 g/mol. The molecule has 5 rings (SSSR count). The van der Waals surface area contributed by atoms with Crippen molar-refractivity contribution in [1.82, 2.24) is 19.8 Å². The summed E-state index contributed by atoms with van der Waals surface area (Å²) in [5.41, 5.74) is -1.53. The van der Waals surface area contributed by atoms with Gasteiger partial charge in [0.15, 0.2) is 0 Å². The first kappa shape index (κ1) is 25.5. The molecule has 3 aromatic heterocycles. The molecule has 2 bridgehead atoms. The smallest absolute Gasteiger partial charge is 0.317 e. The summed E-state index contributed by atoms with van der Waals surface area (Å²) >= 11 is 1.59. The van der Waals surface area contributed by atoms with Gasteiger partial charge in [-0.1, -0.05) is 18.2 Å². The van der Waals surface area contributed by atoms with Crippen LogP contribution in [0.4, 0.5) is 0 Å². The minimum atomic E-state index is -1.49. The molecule has 37 heavy (non-hydrogen) atoms. The summed E-state index contributed by atoms with van der Waals surface area (Å²) in [5.74, 6) is -1.64. The standard InChI is InChI=1S/C27H30N4O5S/c1-30-22(19-9-3-5-11-28-19)26(14-21(32)33)16-31(15-18-8-7-13-37-18)17-27(24(26)34,25(35)36-2)23(30)20-10-4-6-12-29-20/h3-13,22-24,34H,14-17H2,1-2H3,(H,32,33).